The second-order valence-corrected chi connectivity index (χ2v) is 6.15. The zero-order chi connectivity index (χ0) is 15.6. The molecule has 1 aromatic heterocycles. The predicted molar refractivity (Wildman–Crippen MR) is 78.5 cm³/mol. The van der Waals surface area contributed by atoms with Crippen molar-refractivity contribution in [3.8, 4) is 0 Å². The molecule has 1 heterocycles. The molecule has 7 nitrogen and oxygen atoms in total. The van der Waals surface area contributed by atoms with Gasteiger partial charge in [0, 0.05) is 12.0 Å². The molecule has 112 valence electrons. The van der Waals surface area contributed by atoms with Gasteiger partial charge in [-0.2, -0.15) is 8.42 Å². The van der Waals surface area contributed by atoms with Gasteiger partial charge in [0.25, 0.3) is 10.0 Å². The van der Waals surface area contributed by atoms with Gasteiger partial charge < -0.3 is 10.7 Å². The number of sulfonamides is 1. The summed E-state index contributed by atoms with van der Waals surface area (Å²) in [6.07, 6.45) is 1.86. The van der Waals surface area contributed by atoms with Crippen LogP contribution >= 0.6 is 0 Å². The van der Waals surface area contributed by atoms with Crippen molar-refractivity contribution >= 4 is 21.6 Å². The third-order valence-electron chi connectivity index (χ3n) is 3.07. The fourth-order valence-corrected chi connectivity index (χ4v) is 2.94. The molecule has 2 aromatic rings. The molecule has 1 aromatic carbocycles. The first-order valence-electron chi connectivity index (χ1n) is 6.31. The SMILES string of the molecule is CCc1ncc(S(=O)(=O)Nc2cccc(C(N)=O)c2C)[nH]1. The van der Waals surface area contributed by atoms with Gasteiger partial charge in [0.1, 0.15) is 5.82 Å². The lowest BCUT2D eigenvalue weighted by Gasteiger charge is -2.11. The van der Waals surface area contributed by atoms with Crippen molar-refractivity contribution < 1.29 is 13.2 Å². The summed E-state index contributed by atoms with van der Waals surface area (Å²) in [4.78, 5) is 18.0. The maximum Gasteiger partial charge on any atom is 0.278 e. The Morgan fingerprint density at radius 3 is 2.71 bits per heavy atom. The largest absolute Gasteiger partial charge is 0.366 e. The first-order valence-corrected chi connectivity index (χ1v) is 7.79. The zero-order valence-electron chi connectivity index (χ0n) is 11.7. The molecule has 0 aliphatic rings. The molecule has 1 amide bonds. The number of carbonyl (C=O) groups excluding carboxylic acids is 1. The molecule has 0 saturated heterocycles. The van der Waals surface area contributed by atoms with E-state index in [2.05, 4.69) is 14.7 Å². The van der Waals surface area contributed by atoms with E-state index in [0.717, 1.165) is 0 Å². The van der Waals surface area contributed by atoms with E-state index in [1.165, 1.54) is 6.20 Å². The molecule has 0 aliphatic carbocycles. The topological polar surface area (TPSA) is 118 Å². The summed E-state index contributed by atoms with van der Waals surface area (Å²) in [6, 6.07) is 4.67. The van der Waals surface area contributed by atoms with Gasteiger partial charge in [-0.15, -0.1) is 0 Å². The molecule has 0 bridgehead atoms. The average molecular weight is 308 g/mol. The molecule has 8 heteroatoms. The quantitative estimate of drug-likeness (QED) is 0.768. The number of hydrogen-bond acceptors (Lipinski definition) is 4. The van der Waals surface area contributed by atoms with E-state index < -0.39 is 15.9 Å². The Bertz CT molecular complexity index is 780. The minimum absolute atomic E-state index is 0.0248. The molecule has 0 unspecified atom stereocenters. The molecular formula is C13H16N4O3S. The molecule has 0 aliphatic heterocycles. The number of nitrogens with one attached hydrogen (secondary N) is 2. The Kier molecular flexibility index (Phi) is 3.99. The molecule has 2 rings (SSSR count). The van der Waals surface area contributed by atoms with Crippen molar-refractivity contribution in [2.45, 2.75) is 25.3 Å². The second kappa shape index (κ2) is 5.57. The van der Waals surface area contributed by atoms with Gasteiger partial charge in [-0.1, -0.05) is 13.0 Å². The number of primary amides is 1. The molecule has 21 heavy (non-hydrogen) atoms. The number of amides is 1. The minimum atomic E-state index is -3.79. The van der Waals surface area contributed by atoms with Gasteiger partial charge in [0.2, 0.25) is 5.91 Å². The molecule has 0 fully saturated rings. The van der Waals surface area contributed by atoms with E-state index in [4.69, 9.17) is 5.73 Å². The van der Waals surface area contributed by atoms with Crippen LogP contribution in [0.15, 0.2) is 29.4 Å². The molecule has 0 radical (unpaired) electrons. The summed E-state index contributed by atoms with van der Waals surface area (Å²) in [7, 11) is -3.79. The third-order valence-corrected chi connectivity index (χ3v) is 4.35. The van der Waals surface area contributed by atoms with Crippen LogP contribution in [0.3, 0.4) is 0 Å². The van der Waals surface area contributed by atoms with Gasteiger partial charge in [0.15, 0.2) is 5.03 Å². The van der Waals surface area contributed by atoms with E-state index >= 15 is 0 Å². The summed E-state index contributed by atoms with van der Waals surface area (Å²) in [5, 5.41) is -0.0248. The van der Waals surface area contributed by atoms with Crippen molar-refractivity contribution in [3.05, 3.63) is 41.3 Å². The van der Waals surface area contributed by atoms with Crippen molar-refractivity contribution in [2.24, 2.45) is 5.73 Å². The second-order valence-electron chi connectivity index (χ2n) is 4.50. The lowest BCUT2D eigenvalue weighted by atomic mass is 10.1. The molecule has 0 spiro atoms. The maximum absolute atomic E-state index is 12.3. The Balaban J connectivity index is 2.37. The number of aromatic nitrogens is 2. The Labute approximate surface area is 122 Å². The van der Waals surface area contributed by atoms with Crippen LogP contribution in [-0.2, 0) is 16.4 Å². The normalized spacial score (nSPS) is 11.3. The molecule has 0 atom stereocenters. The summed E-state index contributed by atoms with van der Waals surface area (Å²) in [5.41, 5.74) is 6.30. The van der Waals surface area contributed by atoms with Crippen LogP contribution in [0.2, 0.25) is 0 Å². The standard InChI is InChI=1S/C13H16N4O3S/c1-3-11-15-7-12(16-11)21(19,20)17-10-6-4-5-9(8(10)2)13(14)18/h4-7,17H,3H2,1-2H3,(H2,14,18)(H,15,16). The van der Waals surface area contributed by atoms with Crippen molar-refractivity contribution in [1.29, 1.82) is 0 Å². The Morgan fingerprint density at radius 1 is 1.43 bits per heavy atom. The number of H-pyrrole nitrogens is 1. The first-order chi connectivity index (χ1) is 9.85. The number of nitrogens with two attached hydrogens (primary N) is 1. The Morgan fingerprint density at radius 2 is 2.14 bits per heavy atom. The zero-order valence-corrected chi connectivity index (χ0v) is 12.5. The first kappa shape index (κ1) is 15.0. The van der Waals surface area contributed by atoms with Crippen LogP contribution in [0.25, 0.3) is 0 Å². The highest BCUT2D eigenvalue weighted by atomic mass is 32.2. The van der Waals surface area contributed by atoms with Gasteiger partial charge in [-0.25, -0.2) is 4.98 Å². The van der Waals surface area contributed by atoms with Gasteiger partial charge in [-0.3, -0.25) is 9.52 Å². The van der Waals surface area contributed by atoms with Crippen LogP contribution in [0, 0.1) is 6.92 Å². The monoisotopic (exact) mass is 308 g/mol. The van der Waals surface area contributed by atoms with Gasteiger partial charge in [-0.05, 0) is 24.6 Å². The smallest absolute Gasteiger partial charge is 0.278 e. The number of nitrogens with zero attached hydrogens (tertiary/aromatic N) is 1. The van der Waals surface area contributed by atoms with E-state index in [-0.39, 0.29) is 10.6 Å². The number of rotatable bonds is 5. The van der Waals surface area contributed by atoms with Crippen molar-refractivity contribution in [1.82, 2.24) is 9.97 Å². The van der Waals surface area contributed by atoms with E-state index in [0.29, 0.717) is 23.5 Å². The number of carbonyl (C=O) groups is 1. The van der Waals surface area contributed by atoms with Crippen molar-refractivity contribution in [2.75, 3.05) is 4.72 Å². The number of hydrogen-bond donors (Lipinski definition) is 3. The minimum Gasteiger partial charge on any atom is -0.366 e. The fourth-order valence-electron chi connectivity index (χ4n) is 1.87. The lowest BCUT2D eigenvalue weighted by Crippen LogP contribution is -2.17. The Hall–Kier alpha value is -2.35. The van der Waals surface area contributed by atoms with Crippen LogP contribution in [0.4, 0.5) is 5.69 Å². The van der Waals surface area contributed by atoms with E-state index in [1.54, 1.807) is 25.1 Å². The highest BCUT2D eigenvalue weighted by Gasteiger charge is 2.19. The van der Waals surface area contributed by atoms with Gasteiger partial charge in [0.05, 0.1) is 11.9 Å². The summed E-state index contributed by atoms with van der Waals surface area (Å²) >= 11 is 0. The van der Waals surface area contributed by atoms with Crippen LogP contribution < -0.4 is 10.5 Å². The summed E-state index contributed by atoms with van der Waals surface area (Å²) in [5.74, 6) is -0.0265. The molecular weight excluding hydrogens is 292 g/mol. The maximum atomic E-state index is 12.3. The summed E-state index contributed by atoms with van der Waals surface area (Å²) in [6.45, 7) is 3.49. The van der Waals surface area contributed by atoms with Crippen molar-refractivity contribution in [3.63, 3.8) is 0 Å². The van der Waals surface area contributed by atoms with Crippen LogP contribution in [-0.4, -0.2) is 24.3 Å². The number of aryl methyl sites for hydroxylation is 1. The van der Waals surface area contributed by atoms with Gasteiger partial charge >= 0.3 is 0 Å². The lowest BCUT2D eigenvalue weighted by molar-refractivity contribution is 0.0999. The van der Waals surface area contributed by atoms with E-state index in [9.17, 15) is 13.2 Å². The number of anilines is 1. The number of aromatic amines is 1. The van der Waals surface area contributed by atoms with Crippen LogP contribution in [0.5, 0.6) is 0 Å². The molecule has 4 N–H and O–H groups in total. The van der Waals surface area contributed by atoms with E-state index in [1.807, 2.05) is 6.92 Å². The predicted octanol–water partition coefficient (Wildman–Crippen LogP) is 1.18. The average Bonchev–Trinajstić information content (AvgIpc) is 2.90. The van der Waals surface area contributed by atoms with Crippen LogP contribution in [0.1, 0.15) is 28.7 Å². The molecule has 0 saturated carbocycles. The fraction of sp³-hybridized carbons (Fsp3) is 0.231. The summed E-state index contributed by atoms with van der Waals surface area (Å²) < 4.78 is 27.0. The highest BCUT2D eigenvalue weighted by Crippen LogP contribution is 2.21. The number of benzene rings is 1. The third kappa shape index (κ3) is 3.05. The highest BCUT2D eigenvalue weighted by molar-refractivity contribution is 7.92. The number of imidazole rings is 1.